The number of fused-ring (bicyclic) bond motifs is 1. The topological polar surface area (TPSA) is 57.2 Å². The molecule has 0 radical (unpaired) electrons. The average Bonchev–Trinajstić information content (AvgIpc) is 2.45. The highest BCUT2D eigenvalue weighted by Gasteiger charge is 2.05. The molecular formula is C8H5O3S2-. The summed E-state index contributed by atoms with van der Waals surface area (Å²) in [7, 11) is -4.30. The molecule has 0 saturated carbocycles. The van der Waals surface area contributed by atoms with Gasteiger partial charge in [0.2, 0.25) is 0 Å². The van der Waals surface area contributed by atoms with Gasteiger partial charge in [0.15, 0.2) is 0 Å². The first-order chi connectivity index (χ1) is 6.07. The minimum absolute atomic E-state index is 0.117. The molecule has 0 aliphatic rings. The molecule has 0 atom stereocenters. The molecule has 0 spiro atoms. The van der Waals surface area contributed by atoms with Crippen molar-refractivity contribution >= 4 is 31.5 Å². The lowest BCUT2D eigenvalue weighted by Gasteiger charge is -2.00. The van der Waals surface area contributed by atoms with E-state index in [-0.39, 0.29) is 4.21 Å². The van der Waals surface area contributed by atoms with Gasteiger partial charge in [-0.15, -0.1) is 11.3 Å². The van der Waals surface area contributed by atoms with Gasteiger partial charge in [-0.3, -0.25) is 0 Å². The van der Waals surface area contributed by atoms with Gasteiger partial charge < -0.3 is 4.55 Å². The van der Waals surface area contributed by atoms with Crippen LogP contribution in [0.15, 0.2) is 34.5 Å². The second-order valence-corrected chi connectivity index (χ2v) is 5.25. The van der Waals surface area contributed by atoms with Gasteiger partial charge in [0.25, 0.3) is 0 Å². The molecule has 2 rings (SSSR count). The summed E-state index contributed by atoms with van der Waals surface area (Å²) >= 11 is 1.00. The van der Waals surface area contributed by atoms with E-state index in [1.807, 2.05) is 0 Å². The molecule has 13 heavy (non-hydrogen) atoms. The summed E-state index contributed by atoms with van der Waals surface area (Å²) in [5.74, 6) is 0. The van der Waals surface area contributed by atoms with Gasteiger partial charge in [0, 0.05) is 4.70 Å². The highest BCUT2D eigenvalue weighted by molar-refractivity contribution is 7.88. The average molecular weight is 213 g/mol. The van der Waals surface area contributed by atoms with Crippen LogP contribution < -0.4 is 0 Å². The Morgan fingerprint density at radius 1 is 1.23 bits per heavy atom. The van der Waals surface area contributed by atoms with E-state index in [0.717, 1.165) is 21.4 Å². The standard InChI is InChI=1S/C8H6O3S2/c9-13(10,11)8-5-6-3-1-2-4-7(6)12-8/h1-5H,(H,9,10,11)/p-1. The lowest BCUT2D eigenvalue weighted by molar-refractivity contribution is 0.465. The smallest absolute Gasteiger partial charge is 0.134 e. The Labute approximate surface area is 79.4 Å². The van der Waals surface area contributed by atoms with E-state index in [0.29, 0.717) is 0 Å². The minimum Gasteiger partial charge on any atom is -0.743 e. The van der Waals surface area contributed by atoms with E-state index < -0.39 is 10.1 Å². The maximum absolute atomic E-state index is 10.7. The molecule has 1 heterocycles. The van der Waals surface area contributed by atoms with Crippen molar-refractivity contribution in [1.29, 1.82) is 0 Å². The summed E-state index contributed by atoms with van der Waals surface area (Å²) in [5, 5.41) is 0.793. The molecule has 1 aromatic carbocycles. The van der Waals surface area contributed by atoms with E-state index >= 15 is 0 Å². The number of thiophene rings is 1. The van der Waals surface area contributed by atoms with Crippen molar-refractivity contribution in [3.05, 3.63) is 30.3 Å². The molecule has 3 nitrogen and oxygen atoms in total. The zero-order chi connectivity index (χ0) is 9.47. The summed E-state index contributed by atoms with van der Waals surface area (Å²) in [6, 6.07) is 8.58. The van der Waals surface area contributed by atoms with E-state index in [1.165, 1.54) is 6.07 Å². The molecule has 0 amide bonds. The normalized spacial score (nSPS) is 12.1. The summed E-state index contributed by atoms with van der Waals surface area (Å²) in [4.78, 5) is 0. The van der Waals surface area contributed by atoms with Gasteiger partial charge in [-0.25, -0.2) is 8.42 Å². The third-order valence-corrected chi connectivity index (χ3v) is 4.03. The van der Waals surface area contributed by atoms with Gasteiger partial charge in [-0.05, 0) is 17.5 Å². The summed E-state index contributed by atoms with van der Waals surface area (Å²) in [6.07, 6.45) is 0. The maximum atomic E-state index is 10.7. The summed E-state index contributed by atoms with van der Waals surface area (Å²) in [5.41, 5.74) is 0. The molecule has 2 aromatic rings. The molecule has 0 unspecified atom stereocenters. The van der Waals surface area contributed by atoms with Crippen LogP contribution in [0.25, 0.3) is 10.1 Å². The largest absolute Gasteiger partial charge is 0.743 e. The molecule has 0 saturated heterocycles. The van der Waals surface area contributed by atoms with Crippen molar-refractivity contribution in [3.63, 3.8) is 0 Å². The Balaban J connectivity index is 2.77. The lowest BCUT2D eigenvalue weighted by atomic mass is 10.3. The maximum Gasteiger partial charge on any atom is 0.134 e. The predicted octanol–water partition coefficient (Wildman–Crippen LogP) is 1.81. The highest BCUT2D eigenvalue weighted by Crippen LogP contribution is 2.28. The van der Waals surface area contributed by atoms with Crippen LogP contribution in [0.2, 0.25) is 0 Å². The van der Waals surface area contributed by atoms with Crippen molar-refractivity contribution in [2.24, 2.45) is 0 Å². The van der Waals surface area contributed by atoms with E-state index in [4.69, 9.17) is 0 Å². The first-order valence-corrected chi connectivity index (χ1v) is 5.74. The van der Waals surface area contributed by atoms with Crippen LogP contribution >= 0.6 is 11.3 Å². The number of hydrogen-bond acceptors (Lipinski definition) is 4. The van der Waals surface area contributed by atoms with Crippen molar-refractivity contribution in [1.82, 2.24) is 0 Å². The molecule has 0 aliphatic carbocycles. The SMILES string of the molecule is O=S(=O)([O-])c1cc2ccccc2s1. The Morgan fingerprint density at radius 2 is 1.92 bits per heavy atom. The van der Waals surface area contributed by atoms with Crippen molar-refractivity contribution in [2.45, 2.75) is 4.21 Å². The Bertz CT molecular complexity index is 506. The van der Waals surface area contributed by atoms with Crippen LogP contribution in [0.1, 0.15) is 0 Å². The summed E-state index contributed by atoms with van der Waals surface area (Å²) in [6.45, 7) is 0. The highest BCUT2D eigenvalue weighted by atomic mass is 32.3. The minimum atomic E-state index is -4.30. The molecular weight excluding hydrogens is 208 g/mol. The second-order valence-electron chi connectivity index (χ2n) is 2.56. The third-order valence-electron chi connectivity index (χ3n) is 1.65. The fourth-order valence-electron chi connectivity index (χ4n) is 1.08. The quantitative estimate of drug-likeness (QED) is 0.679. The van der Waals surface area contributed by atoms with Crippen molar-refractivity contribution in [2.75, 3.05) is 0 Å². The summed E-state index contributed by atoms with van der Waals surface area (Å²) < 4.78 is 32.7. The Morgan fingerprint density at radius 3 is 2.54 bits per heavy atom. The van der Waals surface area contributed by atoms with E-state index in [2.05, 4.69) is 0 Å². The lowest BCUT2D eigenvalue weighted by Crippen LogP contribution is -1.93. The van der Waals surface area contributed by atoms with Crippen LogP contribution in [0.4, 0.5) is 0 Å². The predicted molar refractivity (Wildman–Crippen MR) is 49.8 cm³/mol. The molecule has 0 aliphatic heterocycles. The second kappa shape index (κ2) is 2.80. The molecule has 5 heteroatoms. The Hall–Kier alpha value is -0.910. The number of hydrogen-bond donors (Lipinski definition) is 0. The van der Waals surface area contributed by atoms with Gasteiger partial charge in [0.05, 0.1) is 0 Å². The first-order valence-electron chi connectivity index (χ1n) is 3.52. The van der Waals surface area contributed by atoms with E-state index in [1.54, 1.807) is 24.3 Å². The molecule has 1 aromatic heterocycles. The van der Waals surface area contributed by atoms with Gasteiger partial charge >= 0.3 is 0 Å². The first kappa shape index (κ1) is 8.68. The number of benzene rings is 1. The third kappa shape index (κ3) is 1.58. The zero-order valence-electron chi connectivity index (χ0n) is 6.43. The van der Waals surface area contributed by atoms with E-state index in [9.17, 15) is 13.0 Å². The monoisotopic (exact) mass is 213 g/mol. The number of rotatable bonds is 1. The molecule has 68 valence electrons. The molecule has 0 fully saturated rings. The van der Waals surface area contributed by atoms with Crippen LogP contribution in [-0.4, -0.2) is 13.0 Å². The van der Waals surface area contributed by atoms with Crippen LogP contribution in [-0.2, 0) is 10.1 Å². The van der Waals surface area contributed by atoms with Crippen LogP contribution in [0, 0.1) is 0 Å². The van der Waals surface area contributed by atoms with Gasteiger partial charge in [-0.1, -0.05) is 18.2 Å². The van der Waals surface area contributed by atoms with Crippen LogP contribution in [0.3, 0.4) is 0 Å². The zero-order valence-corrected chi connectivity index (χ0v) is 8.06. The molecule has 0 N–H and O–H groups in total. The van der Waals surface area contributed by atoms with Crippen molar-refractivity contribution < 1.29 is 13.0 Å². The van der Waals surface area contributed by atoms with Gasteiger partial charge in [0.1, 0.15) is 14.3 Å². The molecule has 0 bridgehead atoms. The Kier molecular flexibility index (Phi) is 1.87. The fraction of sp³-hybridized carbons (Fsp3) is 0. The van der Waals surface area contributed by atoms with Crippen molar-refractivity contribution in [3.8, 4) is 0 Å². The van der Waals surface area contributed by atoms with Crippen LogP contribution in [0.5, 0.6) is 0 Å². The van der Waals surface area contributed by atoms with Gasteiger partial charge in [-0.2, -0.15) is 0 Å². The fourth-order valence-corrected chi connectivity index (χ4v) is 2.82.